The minimum atomic E-state index is -0.0761. The van der Waals surface area contributed by atoms with Crippen LogP contribution in [0.3, 0.4) is 0 Å². The molecule has 0 unspecified atom stereocenters. The lowest BCUT2D eigenvalue weighted by molar-refractivity contribution is -0.130. The molecule has 0 radical (unpaired) electrons. The molecule has 0 aliphatic carbocycles. The molecule has 4 heteroatoms. The van der Waals surface area contributed by atoms with Crippen molar-refractivity contribution in [2.24, 2.45) is 0 Å². The van der Waals surface area contributed by atoms with E-state index in [1.165, 1.54) is 5.56 Å². The molecule has 14 heavy (non-hydrogen) atoms. The average Bonchev–Trinajstić information content (AvgIpc) is 2.67. The topological polar surface area (TPSA) is 56.3 Å². The monoisotopic (exact) mass is 196 g/mol. The summed E-state index contributed by atoms with van der Waals surface area (Å²) < 4.78 is 0. The molecule has 0 aromatic carbocycles. The lowest BCUT2D eigenvalue weighted by atomic mass is 10.2. The molecular weight excluding hydrogens is 180 g/mol. The van der Waals surface area contributed by atoms with E-state index in [1.807, 2.05) is 18.5 Å². The fraction of sp³-hybridized carbons (Fsp3) is 0.500. The number of carbonyl (C=O) groups excluding carboxylic acids is 1. The van der Waals surface area contributed by atoms with E-state index >= 15 is 0 Å². The first-order valence-electron chi connectivity index (χ1n) is 4.70. The standard InChI is InChI=1S/C10H16N2O2/c1-12(10(14)4-7-13)6-3-9-2-5-11-8-9/h2,5,8,11,13H,3-4,6-7H2,1H3. The smallest absolute Gasteiger partial charge is 0.224 e. The van der Waals surface area contributed by atoms with Crippen LogP contribution in [-0.4, -0.2) is 41.1 Å². The van der Waals surface area contributed by atoms with Gasteiger partial charge in [0.05, 0.1) is 6.61 Å². The number of carbonyl (C=O) groups is 1. The minimum absolute atomic E-state index is 0.0111. The second kappa shape index (κ2) is 5.44. The molecule has 4 nitrogen and oxygen atoms in total. The number of hydrogen-bond acceptors (Lipinski definition) is 2. The molecule has 2 N–H and O–H groups in total. The number of nitrogens with zero attached hydrogens (tertiary/aromatic N) is 1. The van der Waals surface area contributed by atoms with Gasteiger partial charge in [0.15, 0.2) is 0 Å². The van der Waals surface area contributed by atoms with Crippen LogP contribution in [0.4, 0.5) is 0 Å². The SMILES string of the molecule is CN(CCc1cc[nH]c1)C(=O)CCO. The number of hydrogen-bond donors (Lipinski definition) is 2. The van der Waals surface area contributed by atoms with Gasteiger partial charge in [-0.1, -0.05) is 0 Å². The van der Waals surface area contributed by atoms with Gasteiger partial charge in [0.2, 0.25) is 5.91 Å². The number of likely N-dealkylation sites (N-methyl/N-ethyl adjacent to an activating group) is 1. The second-order valence-corrected chi connectivity index (χ2v) is 3.26. The molecule has 0 saturated carbocycles. The highest BCUT2D eigenvalue weighted by molar-refractivity contribution is 5.75. The van der Waals surface area contributed by atoms with E-state index in [9.17, 15) is 4.79 Å². The summed E-state index contributed by atoms with van der Waals surface area (Å²) in [5.74, 6) is -0.0111. The van der Waals surface area contributed by atoms with Crippen LogP contribution in [0.25, 0.3) is 0 Å². The lowest BCUT2D eigenvalue weighted by Crippen LogP contribution is -2.29. The van der Waals surface area contributed by atoms with Crippen molar-refractivity contribution >= 4 is 5.91 Å². The summed E-state index contributed by atoms with van der Waals surface area (Å²) in [5.41, 5.74) is 1.19. The van der Waals surface area contributed by atoms with E-state index in [4.69, 9.17) is 5.11 Å². The van der Waals surface area contributed by atoms with Crippen molar-refractivity contribution in [3.63, 3.8) is 0 Å². The summed E-state index contributed by atoms with van der Waals surface area (Å²) in [6, 6.07) is 1.99. The third-order valence-electron chi connectivity index (χ3n) is 2.15. The van der Waals surface area contributed by atoms with Gasteiger partial charge < -0.3 is 15.0 Å². The van der Waals surface area contributed by atoms with Gasteiger partial charge in [0.25, 0.3) is 0 Å². The summed E-state index contributed by atoms with van der Waals surface area (Å²) in [4.78, 5) is 15.9. The van der Waals surface area contributed by atoms with Gasteiger partial charge in [-0.05, 0) is 18.1 Å². The zero-order valence-electron chi connectivity index (χ0n) is 8.36. The first-order chi connectivity index (χ1) is 6.74. The highest BCUT2D eigenvalue weighted by atomic mass is 16.3. The van der Waals surface area contributed by atoms with Crippen LogP contribution in [0.1, 0.15) is 12.0 Å². The van der Waals surface area contributed by atoms with Gasteiger partial charge in [-0.25, -0.2) is 0 Å². The summed E-state index contributed by atoms with van der Waals surface area (Å²) in [5, 5.41) is 8.59. The maximum atomic E-state index is 11.3. The molecule has 1 heterocycles. The highest BCUT2D eigenvalue weighted by Gasteiger charge is 2.07. The largest absolute Gasteiger partial charge is 0.396 e. The number of nitrogens with one attached hydrogen (secondary N) is 1. The number of H-pyrrole nitrogens is 1. The second-order valence-electron chi connectivity index (χ2n) is 3.26. The molecule has 0 aliphatic rings. The maximum absolute atomic E-state index is 11.3. The minimum Gasteiger partial charge on any atom is -0.396 e. The number of rotatable bonds is 5. The van der Waals surface area contributed by atoms with E-state index in [1.54, 1.807) is 11.9 Å². The Labute approximate surface area is 83.5 Å². The molecule has 0 atom stereocenters. The van der Waals surface area contributed by atoms with Crippen LogP contribution in [0, 0.1) is 0 Å². The Morgan fingerprint density at radius 1 is 1.64 bits per heavy atom. The predicted molar refractivity (Wildman–Crippen MR) is 53.8 cm³/mol. The third kappa shape index (κ3) is 3.22. The van der Waals surface area contributed by atoms with Gasteiger partial charge in [0.1, 0.15) is 0 Å². The van der Waals surface area contributed by atoms with Crippen LogP contribution in [0.15, 0.2) is 18.5 Å². The van der Waals surface area contributed by atoms with Gasteiger partial charge in [-0.2, -0.15) is 0 Å². The Bertz CT molecular complexity index is 270. The lowest BCUT2D eigenvalue weighted by Gasteiger charge is -2.15. The predicted octanol–water partition coefficient (Wildman–Crippen LogP) is 0.398. The molecule has 1 amide bonds. The Kier molecular flexibility index (Phi) is 4.19. The van der Waals surface area contributed by atoms with Crippen LogP contribution >= 0.6 is 0 Å². The van der Waals surface area contributed by atoms with Crippen LogP contribution in [-0.2, 0) is 11.2 Å². The first-order valence-corrected chi connectivity index (χ1v) is 4.70. The highest BCUT2D eigenvalue weighted by Crippen LogP contribution is 1.99. The van der Waals surface area contributed by atoms with Gasteiger partial charge in [-0.15, -0.1) is 0 Å². The summed E-state index contributed by atoms with van der Waals surface area (Å²) in [7, 11) is 1.75. The molecule has 0 fully saturated rings. The van der Waals surface area contributed by atoms with E-state index in [-0.39, 0.29) is 18.9 Å². The molecule has 0 bridgehead atoms. The van der Waals surface area contributed by atoms with Crippen LogP contribution in [0.2, 0.25) is 0 Å². The molecule has 0 spiro atoms. The maximum Gasteiger partial charge on any atom is 0.224 e. The molecule has 78 valence electrons. The van der Waals surface area contributed by atoms with Crippen LogP contribution in [0.5, 0.6) is 0 Å². The molecule has 1 rings (SSSR count). The van der Waals surface area contributed by atoms with E-state index < -0.39 is 0 Å². The summed E-state index contributed by atoms with van der Waals surface area (Å²) in [6.45, 7) is 0.615. The Balaban J connectivity index is 2.27. The van der Waals surface area contributed by atoms with Crippen molar-refractivity contribution in [2.45, 2.75) is 12.8 Å². The Hall–Kier alpha value is -1.29. The molecule has 0 saturated heterocycles. The summed E-state index contributed by atoms with van der Waals surface area (Å²) >= 11 is 0. The number of aromatic nitrogens is 1. The average molecular weight is 196 g/mol. The Morgan fingerprint density at radius 3 is 3.00 bits per heavy atom. The zero-order chi connectivity index (χ0) is 10.4. The molecular formula is C10H16N2O2. The number of aromatic amines is 1. The normalized spacial score (nSPS) is 10.1. The summed E-state index contributed by atoms with van der Waals surface area (Å²) in [6.07, 6.45) is 4.84. The first kappa shape index (κ1) is 10.8. The van der Waals surface area contributed by atoms with Crippen molar-refractivity contribution in [2.75, 3.05) is 20.2 Å². The third-order valence-corrected chi connectivity index (χ3v) is 2.15. The zero-order valence-corrected chi connectivity index (χ0v) is 8.36. The molecule has 1 aromatic rings. The van der Waals surface area contributed by atoms with E-state index in [0.717, 1.165) is 6.42 Å². The fourth-order valence-electron chi connectivity index (χ4n) is 1.22. The fourth-order valence-corrected chi connectivity index (χ4v) is 1.22. The van der Waals surface area contributed by atoms with E-state index in [2.05, 4.69) is 4.98 Å². The van der Waals surface area contributed by atoms with Crippen molar-refractivity contribution in [3.8, 4) is 0 Å². The van der Waals surface area contributed by atoms with Gasteiger partial charge in [0, 0.05) is 32.4 Å². The van der Waals surface area contributed by atoms with Crippen molar-refractivity contribution in [1.29, 1.82) is 0 Å². The van der Waals surface area contributed by atoms with Crippen molar-refractivity contribution < 1.29 is 9.90 Å². The quantitative estimate of drug-likeness (QED) is 0.716. The molecule has 0 aliphatic heterocycles. The van der Waals surface area contributed by atoms with Crippen LogP contribution < -0.4 is 0 Å². The van der Waals surface area contributed by atoms with E-state index in [0.29, 0.717) is 6.54 Å². The number of amides is 1. The number of aliphatic hydroxyl groups excluding tert-OH is 1. The van der Waals surface area contributed by atoms with Gasteiger partial charge >= 0.3 is 0 Å². The molecule has 1 aromatic heterocycles. The Morgan fingerprint density at radius 2 is 2.43 bits per heavy atom. The van der Waals surface area contributed by atoms with Crippen molar-refractivity contribution in [3.05, 3.63) is 24.0 Å². The van der Waals surface area contributed by atoms with Gasteiger partial charge in [-0.3, -0.25) is 4.79 Å². The number of aliphatic hydroxyl groups is 1. The van der Waals surface area contributed by atoms with Crippen molar-refractivity contribution in [1.82, 2.24) is 9.88 Å².